The van der Waals surface area contributed by atoms with E-state index in [4.69, 9.17) is 5.73 Å². The molecule has 5 heteroatoms. The highest BCUT2D eigenvalue weighted by atomic mass is 35.5. The van der Waals surface area contributed by atoms with Crippen LogP contribution in [0.2, 0.25) is 0 Å². The molecule has 0 saturated heterocycles. The lowest BCUT2D eigenvalue weighted by molar-refractivity contribution is -0.132. The summed E-state index contributed by atoms with van der Waals surface area (Å²) in [6.07, 6.45) is 7.20. The van der Waals surface area contributed by atoms with E-state index in [1.807, 2.05) is 4.90 Å². The van der Waals surface area contributed by atoms with E-state index in [1.54, 1.807) is 12.1 Å². The number of rotatable bonds is 10. The average molecular weight is 343 g/mol. The van der Waals surface area contributed by atoms with Gasteiger partial charge in [-0.05, 0) is 55.8 Å². The van der Waals surface area contributed by atoms with Crippen molar-refractivity contribution >= 4 is 18.3 Å². The highest BCUT2D eigenvalue weighted by Gasteiger charge is 2.26. The molecular formula is C18H28ClFN2O. The van der Waals surface area contributed by atoms with Gasteiger partial charge in [-0.2, -0.15) is 0 Å². The van der Waals surface area contributed by atoms with Crippen molar-refractivity contribution in [2.75, 3.05) is 13.1 Å². The van der Waals surface area contributed by atoms with Crippen LogP contribution in [0.3, 0.4) is 0 Å². The first-order valence-corrected chi connectivity index (χ1v) is 8.41. The molecule has 0 atom stereocenters. The van der Waals surface area contributed by atoms with Gasteiger partial charge in [0.2, 0.25) is 5.91 Å². The molecule has 2 N–H and O–H groups in total. The number of amides is 1. The largest absolute Gasteiger partial charge is 0.338 e. The maximum atomic E-state index is 13.0. The topological polar surface area (TPSA) is 46.3 Å². The quantitative estimate of drug-likeness (QED) is 0.655. The van der Waals surface area contributed by atoms with Gasteiger partial charge in [0, 0.05) is 19.5 Å². The van der Waals surface area contributed by atoms with Gasteiger partial charge in [0.05, 0.1) is 0 Å². The smallest absolute Gasteiger partial charge is 0.222 e. The number of carbonyl (C=O) groups excluding carboxylic acids is 1. The Balaban J connectivity index is 0.00000264. The van der Waals surface area contributed by atoms with Crippen LogP contribution < -0.4 is 5.73 Å². The Labute approximate surface area is 144 Å². The molecule has 0 aromatic heterocycles. The van der Waals surface area contributed by atoms with Crippen LogP contribution in [0.4, 0.5) is 4.39 Å². The molecule has 0 bridgehead atoms. The lowest BCUT2D eigenvalue weighted by Gasteiger charge is -2.23. The number of carbonyl (C=O) groups is 1. The van der Waals surface area contributed by atoms with Crippen molar-refractivity contribution in [2.24, 2.45) is 11.7 Å². The minimum absolute atomic E-state index is 0. The van der Waals surface area contributed by atoms with Gasteiger partial charge in [-0.15, -0.1) is 12.4 Å². The van der Waals surface area contributed by atoms with Crippen LogP contribution in [0.5, 0.6) is 0 Å². The van der Waals surface area contributed by atoms with Crippen LogP contribution >= 0.6 is 12.4 Å². The van der Waals surface area contributed by atoms with Gasteiger partial charge < -0.3 is 10.6 Å². The van der Waals surface area contributed by atoms with Gasteiger partial charge in [-0.25, -0.2) is 4.39 Å². The summed E-state index contributed by atoms with van der Waals surface area (Å²) in [6, 6.07) is 6.46. The second kappa shape index (κ2) is 10.6. The molecule has 1 aromatic rings. The number of unbranched alkanes of at least 4 members (excludes halogenated alkanes) is 3. The molecule has 0 heterocycles. The Morgan fingerprint density at radius 2 is 1.78 bits per heavy atom. The van der Waals surface area contributed by atoms with E-state index in [9.17, 15) is 9.18 Å². The van der Waals surface area contributed by atoms with E-state index < -0.39 is 0 Å². The van der Waals surface area contributed by atoms with Crippen molar-refractivity contribution in [2.45, 2.75) is 51.5 Å². The Morgan fingerprint density at radius 1 is 1.13 bits per heavy atom. The van der Waals surface area contributed by atoms with E-state index in [-0.39, 0.29) is 24.1 Å². The highest BCUT2D eigenvalue weighted by Crippen LogP contribution is 2.30. The summed E-state index contributed by atoms with van der Waals surface area (Å²) >= 11 is 0. The number of nitrogens with zero attached hydrogens (tertiary/aromatic N) is 1. The predicted octanol–water partition coefficient (Wildman–Crippen LogP) is 3.90. The molecule has 1 saturated carbocycles. The van der Waals surface area contributed by atoms with Gasteiger partial charge in [0.25, 0.3) is 0 Å². The first-order valence-electron chi connectivity index (χ1n) is 8.41. The van der Waals surface area contributed by atoms with E-state index in [2.05, 4.69) is 0 Å². The minimum atomic E-state index is -0.233. The van der Waals surface area contributed by atoms with Gasteiger partial charge in [-0.1, -0.05) is 25.0 Å². The summed E-state index contributed by atoms with van der Waals surface area (Å²) in [5.74, 6) is 0.661. The zero-order chi connectivity index (χ0) is 15.8. The zero-order valence-corrected chi connectivity index (χ0v) is 14.5. The fourth-order valence-electron chi connectivity index (χ4n) is 2.61. The maximum absolute atomic E-state index is 13.0. The standard InChI is InChI=1S/C18H27FN2O.ClH/c19-17-10-8-16(9-11-17)14-21(13-15-6-7-15)18(22)5-3-1-2-4-12-20;/h8-11,15H,1-7,12-14,20H2;1H. The molecule has 1 aromatic carbocycles. The molecule has 1 aliphatic rings. The van der Waals surface area contributed by atoms with Crippen LogP contribution in [0.1, 0.15) is 50.5 Å². The Hall–Kier alpha value is -1.13. The zero-order valence-electron chi connectivity index (χ0n) is 13.7. The molecule has 1 fully saturated rings. The van der Waals surface area contributed by atoms with E-state index in [0.717, 1.165) is 44.3 Å². The number of hydrogen-bond acceptors (Lipinski definition) is 2. The van der Waals surface area contributed by atoms with Crippen LogP contribution in [-0.2, 0) is 11.3 Å². The summed E-state index contributed by atoms with van der Waals surface area (Å²) in [5.41, 5.74) is 6.47. The number of benzene rings is 1. The fraction of sp³-hybridized carbons (Fsp3) is 0.611. The molecule has 0 spiro atoms. The molecule has 1 aliphatic carbocycles. The monoisotopic (exact) mass is 342 g/mol. The van der Waals surface area contributed by atoms with Crippen molar-refractivity contribution in [3.05, 3.63) is 35.6 Å². The third-order valence-electron chi connectivity index (χ3n) is 4.16. The van der Waals surface area contributed by atoms with Crippen molar-refractivity contribution < 1.29 is 9.18 Å². The first-order chi connectivity index (χ1) is 10.7. The molecule has 2 rings (SSSR count). The number of hydrogen-bond donors (Lipinski definition) is 1. The lowest BCUT2D eigenvalue weighted by atomic mass is 10.1. The molecule has 1 amide bonds. The SMILES string of the molecule is Cl.NCCCCCCC(=O)N(Cc1ccc(F)cc1)CC1CC1. The second-order valence-corrected chi connectivity index (χ2v) is 6.30. The molecule has 3 nitrogen and oxygen atoms in total. The fourth-order valence-corrected chi connectivity index (χ4v) is 2.61. The predicted molar refractivity (Wildman–Crippen MR) is 93.9 cm³/mol. The summed E-state index contributed by atoms with van der Waals surface area (Å²) in [5, 5.41) is 0. The van der Waals surface area contributed by atoms with Crippen LogP contribution in [0.15, 0.2) is 24.3 Å². The third kappa shape index (κ3) is 7.80. The first kappa shape index (κ1) is 19.9. The Kier molecular flexibility index (Phi) is 9.19. The van der Waals surface area contributed by atoms with Crippen molar-refractivity contribution in [3.8, 4) is 0 Å². The number of halogens is 2. The number of nitrogens with two attached hydrogens (primary N) is 1. The van der Waals surface area contributed by atoms with Crippen LogP contribution in [0, 0.1) is 11.7 Å². The van der Waals surface area contributed by atoms with Gasteiger partial charge in [0.15, 0.2) is 0 Å². The lowest BCUT2D eigenvalue weighted by Crippen LogP contribution is -2.32. The van der Waals surface area contributed by atoms with E-state index >= 15 is 0 Å². The van der Waals surface area contributed by atoms with Crippen LogP contribution in [-0.4, -0.2) is 23.9 Å². The van der Waals surface area contributed by atoms with Gasteiger partial charge in [-0.3, -0.25) is 4.79 Å². The molecule has 0 unspecified atom stereocenters. The van der Waals surface area contributed by atoms with Crippen molar-refractivity contribution in [1.29, 1.82) is 0 Å². The second-order valence-electron chi connectivity index (χ2n) is 6.30. The normalized spacial score (nSPS) is 13.5. The summed E-state index contributed by atoms with van der Waals surface area (Å²) in [6.45, 7) is 2.17. The summed E-state index contributed by atoms with van der Waals surface area (Å²) in [7, 11) is 0. The van der Waals surface area contributed by atoms with Gasteiger partial charge in [0.1, 0.15) is 5.82 Å². The van der Waals surface area contributed by atoms with E-state index in [1.165, 1.54) is 25.0 Å². The molecule has 130 valence electrons. The van der Waals surface area contributed by atoms with Crippen molar-refractivity contribution in [3.63, 3.8) is 0 Å². The average Bonchev–Trinajstić information content (AvgIpc) is 3.32. The van der Waals surface area contributed by atoms with Crippen molar-refractivity contribution in [1.82, 2.24) is 4.90 Å². The molecule has 0 aliphatic heterocycles. The third-order valence-corrected chi connectivity index (χ3v) is 4.16. The summed E-state index contributed by atoms with van der Waals surface area (Å²) < 4.78 is 13.0. The Bertz CT molecular complexity index is 463. The van der Waals surface area contributed by atoms with Crippen LogP contribution in [0.25, 0.3) is 0 Å². The van der Waals surface area contributed by atoms with E-state index in [0.29, 0.717) is 18.9 Å². The molecule has 23 heavy (non-hydrogen) atoms. The molecular weight excluding hydrogens is 315 g/mol. The maximum Gasteiger partial charge on any atom is 0.222 e. The minimum Gasteiger partial charge on any atom is -0.338 e. The highest BCUT2D eigenvalue weighted by molar-refractivity contribution is 5.85. The van der Waals surface area contributed by atoms with Gasteiger partial charge >= 0.3 is 0 Å². The summed E-state index contributed by atoms with van der Waals surface area (Å²) in [4.78, 5) is 14.4. The molecule has 0 radical (unpaired) electrons. The Morgan fingerprint density at radius 3 is 2.39 bits per heavy atom.